The Morgan fingerprint density at radius 2 is 2.22 bits per heavy atom. The average molecular weight is 240 g/mol. The number of nitrogens with two attached hydrogens (primary N) is 1. The number of nitrogens with zero attached hydrogens (tertiary/aromatic N) is 1. The van der Waals surface area contributed by atoms with E-state index in [2.05, 4.69) is 29.2 Å². The largest absolute Gasteiger partial charge is 0.493 e. The van der Waals surface area contributed by atoms with Crippen LogP contribution in [0.5, 0.6) is 5.75 Å². The predicted octanol–water partition coefficient (Wildman–Crippen LogP) is 2.57. The summed E-state index contributed by atoms with van der Waals surface area (Å²) in [5.41, 5.74) is 9.27. The molecule has 3 rings (SSSR count). The molecule has 3 heteroatoms. The first-order chi connectivity index (χ1) is 8.90. The molecular weight excluding hydrogens is 224 g/mol. The molecule has 3 nitrogen and oxygen atoms in total. The maximum absolute atomic E-state index is 5.86. The molecule has 0 bridgehead atoms. The van der Waals surface area contributed by atoms with Crippen molar-refractivity contribution in [3.63, 3.8) is 0 Å². The Hall–Kier alpha value is -1.87. The van der Waals surface area contributed by atoms with Crippen LogP contribution in [-0.4, -0.2) is 18.1 Å². The Balaban J connectivity index is 2.12. The van der Waals surface area contributed by atoms with Crippen LogP contribution in [0.4, 0.5) is 0 Å². The molecule has 2 N–H and O–H groups in total. The highest BCUT2D eigenvalue weighted by molar-refractivity contribution is 5.72. The van der Waals surface area contributed by atoms with Crippen molar-refractivity contribution in [3.05, 3.63) is 48.3 Å². The van der Waals surface area contributed by atoms with Crippen LogP contribution in [0.2, 0.25) is 0 Å². The average Bonchev–Trinajstić information content (AvgIpc) is 2.47. The minimum atomic E-state index is 0.408. The smallest absolute Gasteiger partial charge is 0.130 e. The molecule has 18 heavy (non-hydrogen) atoms. The van der Waals surface area contributed by atoms with Gasteiger partial charge in [0.25, 0.3) is 0 Å². The molecule has 1 aliphatic rings. The zero-order chi connectivity index (χ0) is 12.4. The predicted molar refractivity (Wildman–Crippen MR) is 71.6 cm³/mol. The number of pyridine rings is 1. The van der Waals surface area contributed by atoms with Crippen LogP contribution < -0.4 is 10.5 Å². The van der Waals surface area contributed by atoms with Crippen LogP contribution in [0.25, 0.3) is 11.1 Å². The summed E-state index contributed by atoms with van der Waals surface area (Å²) in [5, 5.41) is 0. The molecule has 0 unspecified atom stereocenters. The first-order valence-corrected chi connectivity index (χ1v) is 6.26. The van der Waals surface area contributed by atoms with E-state index in [9.17, 15) is 0 Å². The van der Waals surface area contributed by atoms with Gasteiger partial charge < -0.3 is 10.5 Å². The molecule has 0 amide bonds. The van der Waals surface area contributed by atoms with Crippen molar-refractivity contribution in [2.45, 2.75) is 12.3 Å². The lowest BCUT2D eigenvalue weighted by atomic mass is 9.90. The van der Waals surface area contributed by atoms with Gasteiger partial charge in [-0.3, -0.25) is 4.98 Å². The summed E-state index contributed by atoms with van der Waals surface area (Å²) in [4.78, 5) is 4.17. The van der Waals surface area contributed by atoms with Gasteiger partial charge >= 0.3 is 0 Å². The fourth-order valence-electron chi connectivity index (χ4n) is 2.49. The van der Waals surface area contributed by atoms with Crippen LogP contribution in [-0.2, 0) is 0 Å². The third-order valence-corrected chi connectivity index (χ3v) is 3.46. The Labute approximate surface area is 107 Å². The molecule has 0 aliphatic carbocycles. The maximum Gasteiger partial charge on any atom is 0.130 e. The summed E-state index contributed by atoms with van der Waals surface area (Å²) < 4.78 is 5.86. The van der Waals surface area contributed by atoms with Crippen LogP contribution in [0.3, 0.4) is 0 Å². The van der Waals surface area contributed by atoms with Gasteiger partial charge in [0.15, 0.2) is 0 Å². The maximum atomic E-state index is 5.86. The molecule has 0 spiro atoms. The van der Waals surface area contributed by atoms with Crippen molar-refractivity contribution in [2.75, 3.05) is 13.2 Å². The first kappa shape index (κ1) is 11.2. The first-order valence-electron chi connectivity index (χ1n) is 6.26. The second-order valence-corrected chi connectivity index (χ2v) is 4.54. The third kappa shape index (κ3) is 1.87. The standard InChI is InChI=1S/C15H16N2O/c16-9-11-6-8-18-15-13(11)4-1-5-14(15)12-3-2-7-17-10-12/h1-5,7,10-11H,6,8-9,16H2/t11-/m0/s1. The SMILES string of the molecule is NC[C@@H]1CCOc2c(-c3cccnc3)cccc21. The highest BCUT2D eigenvalue weighted by Crippen LogP contribution is 2.40. The number of fused-ring (bicyclic) bond motifs is 1. The monoisotopic (exact) mass is 240 g/mol. The Kier molecular flexibility index (Phi) is 2.99. The molecule has 0 saturated carbocycles. The van der Waals surface area contributed by atoms with Crippen LogP contribution >= 0.6 is 0 Å². The molecule has 1 aromatic carbocycles. The van der Waals surface area contributed by atoms with Gasteiger partial charge in [-0.05, 0) is 24.6 Å². The van der Waals surface area contributed by atoms with Gasteiger partial charge in [-0.25, -0.2) is 0 Å². The quantitative estimate of drug-likeness (QED) is 0.877. The normalized spacial score (nSPS) is 17.9. The number of ether oxygens (including phenoxy) is 1. The van der Waals surface area contributed by atoms with Gasteiger partial charge in [0.2, 0.25) is 0 Å². The van der Waals surface area contributed by atoms with E-state index in [4.69, 9.17) is 10.5 Å². The van der Waals surface area contributed by atoms with Gasteiger partial charge in [0, 0.05) is 29.4 Å². The van der Waals surface area contributed by atoms with Gasteiger partial charge in [-0.15, -0.1) is 0 Å². The highest BCUT2D eigenvalue weighted by atomic mass is 16.5. The topological polar surface area (TPSA) is 48.1 Å². The number of hydrogen-bond donors (Lipinski definition) is 1. The molecule has 0 radical (unpaired) electrons. The van der Waals surface area contributed by atoms with E-state index in [1.54, 1.807) is 6.20 Å². The zero-order valence-corrected chi connectivity index (χ0v) is 10.2. The molecule has 0 fully saturated rings. The second kappa shape index (κ2) is 4.78. The molecule has 1 aromatic heterocycles. The molecule has 1 atom stereocenters. The summed E-state index contributed by atoms with van der Waals surface area (Å²) >= 11 is 0. The van der Waals surface area contributed by atoms with Crippen LogP contribution in [0.1, 0.15) is 17.9 Å². The van der Waals surface area contributed by atoms with Gasteiger partial charge in [-0.2, -0.15) is 0 Å². The van der Waals surface area contributed by atoms with Gasteiger partial charge in [0.1, 0.15) is 5.75 Å². The fourth-order valence-corrected chi connectivity index (χ4v) is 2.49. The van der Waals surface area contributed by atoms with E-state index in [0.717, 1.165) is 29.9 Å². The number of hydrogen-bond acceptors (Lipinski definition) is 3. The van der Waals surface area contributed by atoms with E-state index in [0.29, 0.717) is 12.5 Å². The second-order valence-electron chi connectivity index (χ2n) is 4.54. The lowest BCUT2D eigenvalue weighted by Crippen LogP contribution is -2.21. The Bertz CT molecular complexity index is 539. The summed E-state index contributed by atoms with van der Waals surface area (Å²) in [6, 6.07) is 10.3. The van der Waals surface area contributed by atoms with Crippen molar-refractivity contribution in [1.29, 1.82) is 0 Å². The van der Waals surface area contributed by atoms with Crippen molar-refractivity contribution in [3.8, 4) is 16.9 Å². The fraction of sp³-hybridized carbons (Fsp3) is 0.267. The van der Waals surface area contributed by atoms with E-state index in [-0.39, 0.29) is 0 Å². The Morgan fingerprint density at radius 3 is 3.00 bits per heavy atom. The zero-order valence-electron chi connectivity index (χ0n) is 10.2. The highest BCUT2D eigenvalue weighted by Gasteiger charge is 2.22. The Morgan fingerprint density at radius 1 is 1.28 bits per heavy atom. The van der Waals surface area contributed by atoms with E-state index in [1.807, 2.05) is 12.3 Å². The molecular formula is C15H16N2O. The molecule has 1 aliphatic heterocycles. The summed E-state index contributed by atoms with van der Waals surface area (Å²) in [7, 11) is 0. The van der Waals surface area contributed by atoms with Gasteiger partial charge in [-0.1, -0.05) is 24.3 Å². The van der Waals surface area contributed by atoms with Gasteiger partial charge in [0.05, 0.1) is 6.61 Å². The molecule has 92 valence electrons. The molecule has 2 heterocycles. The lowest BCUT2D eigenvalue weighted by molar-refractivity contribution is 0.270. The van der Waals surface area contributed by atoms with Crippen molar-refractivity contribution in [2.24, 2.45) is 5.73 Å². The minimum absolute atomic E-state index is 0.408. The molecule has 0 saturated heterocycles. The number of aromatic nitrogens is 1. The summed E-state index contributed by atoms with van der Waals surface area (Å²) in [6.07, 6.45) is 4.65. The number of benzene rings is 1. The van der Waals surface area contributed by atoms with Crippen molar-refractivity contribution >= 4 is 0 Å². The van der Waals surface area contributed by atoms with E-state index < -0.39 is 0 Å². The summed E-state index contributed by atoms with van der Waals surface area (Å²) in [6.45, 7) is 1.42. The van der Waals surface area contributed by atoms with Crippen LogP contribution in [0.15, 0.2) is 42.7 Å². The van der Waals surface area contributed by atoms with Crippen LogP contribution in [0, 0.1) is 0 Å². The lowest BCUT2D eigenvalue weighted by Gasteiger charge is -2.26. The molecule has 2 aromatic rings. The third-order valence-electron chi connectivity index (χ3n) is 3.46. The number of para-hydroxylation sites is 1. The summed E-state index contributed by atoms with van der Waals surface area (Å²) in [5.74, 6) is 1.39. The van der Waals surface area contributed by atoms with Crippen molar-refractivity contribution in [1.82, 2.24) is 4.98 Å². The van der Waals surface area contributed by atoms with E-state index >= 15 is 0 Å². The minimum Gasteiger partial charge on any atom is -0.493 e. The number of rotatable bonds is 2. The van der Waals surface area contributed by atoms with Crippen molar-refractivity contribution < 1.29 is 4.74 Å². The van der Waals surface area contributed by atoms with E-state index in [1.165, 1.54) is 5.56 Å².